The van der Waals surface area contributed by atoms with Crippen molar-refractivity contribution < 1.29 is 148 Å². The molecule has 0 aliphatic carbocycles. The van der Waals surface area contributed by atoms with Crippen molar-refractivity contribution in [3.05, 3.63) is 47.5 Å². The van der Waals surface area contributed by atoms with Crippen molar-refractivity contribution in [2.45, 2.75) is 200 Å². The number of aromatic nitrogens is 3. The van der Waals surface area contributed by atoms with Gasteiger partial charge in [-0.15, -0.1) is 17.1 Å². The van der Waals surface area contributed by atoms with Crippen molar-refractivity contribution in [3.63, 3.8) is 0 Å². The van der Waals surface area contributed by atoms with Crippen LogP contribution in [0.1, 0.15) is 122 Å². The average molecular weight is 1730 g/mol. The minimum Gasteiger partial charge on any atom is -0.480 e. The lowest BCUT2D eigenvalue weighted by molar-refractivity contribution is -0.158. The van der Waals surface area contributed by atoms with Crippen LogP contribution >= 0.6 is 0 Å². The summed E-state index contributed by atoms with van der Waals surface area (Å²) in [6, 6.07) is -2.70. The van der Waals surface area contributed by atoms with Crippen LogP contribution in [-0.4, -0.2) is 306 Å². The highest BCUT2D eigenvalue weighted by Gasteiger charge is 2.51. The van der Waals surface area contributed by atoms with E-state index in [1.807, 2.05) is 0 Å². The number of hydrogen-bond acceptors (Lipinski definition) is 38. The highest BCUT2D eigenvalue weighted by atomic mass is 16.8. The number of esters is 2. The minimum atomic E-state index is -1.50. The largest absolute Gasteiger partial charge is 0.508 e. The minimum absolute atomic E-state index is 0.00452. The summed E-state index contributed by atoms with van der Waals surface area (Å²) < 4.78 is 101. The fourth-order valence-electron chi connectivity index (χ4n) is 11.8. The first kappa shape index (κ1) is 99.3. The van der Waals surface area contributed by atoms with Gasteiger partial charge in [-0.05, 0) is 109 Å². The first-order chi connectivity index (χ1) is 57.4. The van der Waals surface area contributed by atoms with Gasteiger partial charge in [-0.2, -0.15) is 0 Å². The Balaban J connectivity index is 1.14. The summed E-state index contributed by atoms with van der Waals surface area (Å²) >= 11 is 0. The molecule has 0 radical (unpaired) electrons. The van der Waals surface area contributed by atoms with Crippen LogP contribution in [-0.2, 0) is 132 Å². The maximum Gasteiger partial charge on any atom is 0.508 e. The molecule has 6 rings (SSSR count). The molecule has 5 aliphatic rings. The van der Waals surface area contributed by atoms with Gasteiger partial charge < -0.3 is 116 Å². The Morgan fingerprint density at radius 2 is 0.992 bits per heavy atom. The van der Waals surface area contributed by atoms with Crippen LogP contribution in [0.25, 0.3) is 0 Å². The number of rotatable bonds is 41. The number of Topliss-reactive ketones (excluding diaryl/α,β-unsaturated/α-hetero) is 2. The summed E-state index contributed by atoms with van der Waals surface area (Å²) in [5.74, 6) is -6.72. The van der Waals surface area contributed by atoms with Gasteiger partial charge in [0.1, 0.15) is 97.1 Å². The summed E-state index contributed by atoms with van der Waals surface area (Å²) in [5, 5.41) is 25.0. The van der Waals surface area contributed by atoms with Crippen LogP contribution in [0.15, 0.2) is 51.7 Å². The van der Waals surface area contributed by atoms with E-state index in [1.165, 1.54) is 35.6 Å². The fourth-order valence-corrected chi connectivity index (χ4v) is 11.8. The van der Waals surface area contributed by atoms with Crippen LogP contribution in [0.2, 0.25) is 0 Å². The number of alkyl carbamates (subject to hydrolysis) is 4. The smallest absolute Gasteiger partial charge is 0.480 e. The number of nitrogens with zero attached hydrogens (tertiary/aromatic N) is 7. The number of cyclic esters (lactones) is 4. The number of methoxy groups -OCH3 is 2. The lowest BCUT2D eigenvalue weighted by Crippen LogP contribution is -2.53. The Morgan fingerprint density at radius 3 is 1.38 bits per heavy atom. The summed E-state index contributed by atoms with van der Waals surface area (Å²) in [6.07, 6.45) is -5.13. The Hall–Kier alpha value is -11.5. The number of hydrogen-bond donors (Lipinski definition) is 8. The maximum atomic E-state index is 14.2. The Labute approximate surface area is 704 Å². The molecule has 0 unspecified atom stereocenters. The second-order valence-corrected chi connectivity index (χ2v) is 31.6. The molecule has 2 fully saturated rings. The van der Waals surface area contributed by atoms with E-state index >= 15 is 0 Å². The van der Waals surface area contributed by atoms with Crippen LogP contribution in [0.5, 0.6) is 0 Å². The zero-order chi connectivity index (χ0) is 90.1. The molecule has 8 N–H and O–H groups in total. The lowest BCUT2D eigenvalue weighted by atomic mass is 9.82. The van der Waals surface area contributed by atoms with Crippen LogP contribution in [0, 0.1) is 24.2 Å². The van der Waals surface area contributed by atoms with E-state index in [0.29, 0.717) is 31.2 Å². The van der Waals surface area contributed by atoms with E-state index in [9.17, 15) is 62.3 Å². The van der Waals surface area contributed by atoms with Crippen LogP contribution in [0.4, 0.5) is 28.8 Å². The molecule has 0 spiro atoms. The van der Waals surface area contributed by atoms with Crippen LogP contribution < -0.4 is 42.9 Å². The number of amides is 7. The van der Waals surface area contributed by atoms with Crippen molar-refractivity contribution in [3.8, 4) is 12.3 Å². The van der Waals surface area contributed by atoms with Crippen molar-refractivity contribution in [1.29, 1.82) is 0 Å². The topological polar surface area (TPSA) is 546 Å². The van der Waals surface area contributed by atoms with E-state index in [4.69, 9.17) is 91.7 Å². The highest BCUT2D eigenvalue weighted by Crippen LogP contribution is 2.37. The molecule has 7 amide bonds. The third kappa shape index (κ3) is 36.4. The monoisotopic (exact) mass is 1730 g/mol. The average Bonchev–Trinajstić information content (AvgIpc) is 1.02. The molecule has 678 valence electrons. The lowest BCUT2D eigenvalue weighted by Gasteiger charge is -2.40. The molecular formula is C76H113N15O31. The molecule has 0 bridgehead atoms. The second kappa shape index (κ2) is 47.6. The number of hydrazine groups is 2. The van der Waals surface area contributed by atoms with Gasteiger partial charge in [0, 0.05) is 44.0 Å². The number of guanidine groups is 2. The molecule has 1 aromatic rings. The quantitative estimate of drug-likeness (QED) is 0.0115. The molecule has 10 atom stereocenters. The van der Waals surface area contributed by atoms with E-state index in [2.05, 4.69) is 69.1 Å². The Morgan fingerprint density at radius 1 is 0.582 bits per heavy atom. The first-order valence-electron chi connectivity index (χ1n) is 38.9. The molecule has 122 heavy (non-hydrogen) atoms. The number of carbonyl (C=O) groups excluding carboxylic acids is 13. The number of aliphatic imine (C=N–C) groups is 2. The predicted octanol–water partition coefficient (Wildman–Crippen LogP) is 1.59. The van der Waals surface area contributed by atoms with Crippen molar-refractivity contribution in [2.24, 2.45) is 21.8 Å². The Bertz CT molecular complexity index is 3940. The Kier molecular flexibility index (Phi) is 38.8. The normalized spacial score (nSPS) is 19.8. The first-order valence-corrected chi connectivity index (χ1v) is 38.9. The molecule has 46 nitrogen and oxygen atoms in total. The number of ketones is 2. The molecule has 5 aliphatic heterocycles. The van der Waals surface area contributed by atoms with Gasteiger partial charge in [-0.1, -0.05) is 11.1 Å². The summed E-state index contributed by atoms with van der Waals surface area (Å²) in [6.45, 7) is 20.8. The molecule has 1 aromatic heterocycles. The second-order valence-electron chi connectivity index (χ2n) is 31.6. The molecule has 6 heterocycles. The standard InChI is InChI=1S/C76H113N15O31/c1-18-24-107-26-28-109-30-31-110-29-27-108-25-19-58(96)89(36-46-38-90(87-85-46)22-20-77-56(94)42-111-61(54-40-113-71(103)117-54)59-48(32-44(2)92)50(34-52(115-59)63(97)105-16)79-65(81-67(99)119-73(4,5)6)82-68(100)120-74(7,8)9)37-47-39-91(88-86-47)23-21-78-57(95)43-112-62(55-41-114-72(104)118-55)60-49(33-45(3)93)51(35-53(116-60)64(98)106-17)80-66(83-69(101)121-75(10,11)12)84-70(102)122-76(13,14)15/h1,34-35,38-39,48-51,54-55,59-62,85,87H,19-33,36-37,40-43H2,2-17H3,(H,77,94)(H,78,95)(H2,79,81,82,99,100)(H2,80,83,84,101,102)/t48-,49-,50+,51+,54-,55-,59-,60-,61-,62-/m1/s1. The highest BCUT2D eigenvalue weighted by molar-refractivity contribution is 6.02. The van der Waals surface area contributed by atoms with Crippen molar-refractivity contribution in [1.82, 2.24) is 67.8 Å². The number of ether oxygens (including phenoxy) is 18. The third-order valence-electron chi connectivity index (χ3n) is 16.6. The van der Waals surface area contributed by atoms with Gasteiger partial charge in [0.25, 0.3) is 0 Å². The fraction of sp³-hybridized carbons (Fsp3) is 0.671. The summed E-state index contributed by atoms with van der Waals surface area (Å²) in [5.41, 5.74) is 2.66. The molecule has 46 heteroatoms. The van der Waals surface area contributed by atoms with Crippen molar-refractivity contribution in [2.75, 3.05) is 120 Å². The van der Waals surface area contributed by atoms with Gasteiger partial charge in [-0.3, -0.25) is 45.3 Å². The number of nitrogens with one attached hydrogen (secondary N) is 8. The van der Waals surface area contributed by atoms with E-state index in [0.717, 1.165) is 14.2 Å². The molecular weight excluding hydrogens is 1620 g/mol. The number of terminal acetylenes is 1. The van der Waals surface area contributed by atoms with E-state index in [1.54, 1.807) is 100 Å². The third-order valence-corrected chi connectivity index (χ3v) is 16.6. The van der Waals surface area contributed by atoms with Crippen LogP contribution in [0.3, 0.4) is 0 Å². The molecule has 0 aromatic carbocycles. The number of carbonyl (C=O) groups is 13. The maximum absolute atomic E-state index is 14.2. The predicted molar refractivity (Wildman–Crippen MR) is 419 cm³/mol. The zero-order valence-corrected chi connectivity index (χ0v) is 71.3. The van der Waals surface area contributed by atoms with Crippen molar-refractivity contribution >= 4 is 89.8 Å². The van der Waals surface area contributed by atoms with Gasteiger partial charge in [-0.25, -0.2) is 48.3 Å². The SMILES string of the molecule is C#CCOCCOCCOCCOCCC(=O)N(CC1=CN(CCNC(=O)CO[C@@H]([C@@H]2OC(C(=O)OC)=C[C@H](N=C(NC(=O)OC(C)(C)C)NC(=O)OC(C)(C)C)[C@H]2CC(C)=O)[C@H]2COC(=O)O2)NN1)Cc1cn(CCNC(=O)CO[C@@H]([C@@H]2OC(C(=O)OC)=C[C@H](N=C(NC(=O)OC(C)(C)C)NC(=O)OC(C)(C)C)[C@H]2CC(C)=O)[C@H]2COC(=O)O2)nn1. The summed E-state index contributed by atoms with van der Waals surface area (Å²) in [4.78, 5) is 183. The summed E-state index contributed by atoms with van der Waals surface area (Å²) in [7, 11) is 2.12. The molecule has 2 saturated heterocycles. The van der Waals surface area contributed by atoms with Gasteiger partial charge in [0.15, 0.2) is 12.2 Å². The van der Waals surface area contributed by atoms with Gasteiger partial charge >= 0.3 is 48.6 Å². The van der Waals surface area contributed by atoms with Gasteiger partial charge in [0.2, 0.25) is 41.2 Å². The zero-order valence-electron chi connectivity index (χ0n) is 71.3. The van der Waals surface area contributed by atoms with E-state index in [-0.39, 0.29) is 97.5 Å². The van der Waals surface area contributed by atoms with Gasteiger partial charge in [0.05, 0.1) is 117 Å². The molecule has 0 saturated carbocycles. The van der Waals surface area contributed by atoms with E-state index < -0.39 is 205 Å².